The normalized spacial score (nSPS) is 11.4. The van der Waals surface area contributed by atoms with Gasteiger partial charge in [0.15, 0.2) is 4.80 Å². The fourth-order valence-corrected chi connectivity index (χ4v) is 4.10. The monoisotopic (exact) mass is 455 g/mol. The number of non-ortho nitro benzene ring substituents is 1. The number of fused-ring (bicyclic) bond motifs is 1. The van der Waals surface area contributed by atoms with Crippen molar-refractivity contribution in [3.63, 3.8) is 0 Å². The second-order valence-corrected chi connectivity index (χ2v) is 6.90. The highest BCUT2D eigenvalue weighted by Gasteiger charge is 2.10. The average molecular weight is 456 g/mol. The van der Waals surface area contributed by atoms with Gasteiger partial charge in [0.25, 0.3) is 5.69 Å². The molecule has 5 nitrogen and oxygen atoms in total. The maximum atomic E-state index is 10.9. The zero-order chi connectivity index (χ0) is 18.8. The smallest absolute Gasteiger partial charge is 0.269 e. The molecule has 28 heavy (non-hydrogen) atoms. The summed E-state index contributed by atoms with van der Waals surface area (Å²) in [6.07, 6.45) is 0. The molecule has 0 saturated carbocycles. The van der Waals surface area contributed by atoms with Crippen molar-refractivity contribution >= 4 is 50.5 Å². The van der Waals surface area contributed by atoms with Gasteiger partial charge < -0.3 is 4.57 Å². The third-order valence-electron chi connectivity index (χ3n) is 4.47. The number of hydrogen-bond donors (Lipinski definition) is 0. The summed E-state index contributed by atoms with van der Waals surface area (Å²) in [5.74, 6) is 0. The molecule has 0 aliphatic rings. The number of thiazole rings is 1. The van der Waals surface area contributed by atoms with Gasteiger partial charge in [-0.05, 0) is 36.1 Å². The molecule has 142 valence electrons. The molecule has 1 heterocycles. The van der Waals surface area contributed by atoms with Crippen LogP contribution in [0.5, 0.6) is 0 Å². The van der Waals surface area contributed by atoms with Gasteiger partial charge >= 0.3 is 0 Å². The van der Waals surface area contributed by atoms with E-state index in [1.807, 2.05) is 24.3 Å². The molecule has 7 heteroatoms. The lowest BCUT2D eigenvalue weighted by Crippen LogP contribution is -2.14. The molecular weight excluding hydrogens is 438 g/mol. The van der Waals surface area contributed by atoms with Crippen LogP contribution in [0.25, 0.3) is 22.0 Å². The summed E-state index contributed by atoms with van der Waals surface area (Å²) in [6, 6.07) is 21.0. The Kier molecular flexibility index (Phi) is 6.06. The van der Waals surface area contributed by atoms with Crippen LogP contribution < -0.4 is 4.80 Å². The molecule has 0 aliphatic carbocycles. The summed E-state index contributed by atoms with van der Waals surface area (Å²) in [5, 5.41) is 15.2. The van der Waals surface area contributed by atoms with Gasteiger partial charge in [0.2, 0.25) is 0 Å². The lowest BCUT2D eigenvalue weighted by molar-refractivity contribution is -0.384. The van der Waals surface area contributed by atoms with Gasteiger partial charge in [-0.2, -0.15) is 0 Å². The lowest BCUT2D eigenvalue weighted by atomic mass is 10.1. The topological polar surface area (TPSA) is 60.4 Å². The summed E-state index contributed by atoms with van der Waals surface area (Å²) in [4.78, 5) is 16.3. The van der Waals surface area contributed by atoms with Crippen molar-refractivity contribution in [3.8, 4) is 11.3 Å². The minimum atomic E-state index is -0.382. The van der Waals surface area contributed by atoms with Crippen LogP contribution in [0.15, 0.2) is 77.1 Å². The first-order chi connectivity index (χ1) is 13.2. The van der Waals surface area contributed by atoms with Gasteiger partial charge in [0.05, 0.1) is 16.3 Å². The minimum Gasteiger partial charge on any atom is -0.317 e. The molecule has 1 aromatic heterocycles. The average Bonchev–Trinajstić information content (AvgIpc) is 3.11. The number of nitro groups is 1. The largest absolute Gasteiger partial charge is 0.317 e. The zero-order valence-electron chi connectivity index (χ0n) is 15.1. The van der Waals surface area contributed by atoms with Crippen LogP contribution >= 0.6 is 28.3 Å². The molecule has 0 fully saturated rings. The second kappa shape index (κ2) is 8.50. The second-order valence-electron chi connectivity index (χ2n) is 6.06. The quantitative estimate of drug-likeness (QED) is 0.275. The van der Waals surface area contributed by atoms with Gasteiger partial charge in [0.1, 0.15) is 0 Å². The van der Waals surface area contributed by atoms with Crippen molar-refractivity contribution in [2.75, 3.05) is 0 Å². The Morgan fingerprint density at radius 2 is 1.75 bits per heavy atom. The van der Waals surface area contributed by atoms with E-state index < -0.39 is 0 Å². The SMILES string of the molecule is Br.CCn1c(-c2ccc([N+](=O)[O-])cc2)csc1=Nc1cccc2ccccc12. The zero-order valence-corrected chi connectivity index (χ0v) is 17.6. The van der Waals surface area contributed by atoms with Gasteiger partial charge in [-0.15, -0.1) is 28.3 Å². The van der Waals surface area contributed by atoms with Crippen LogP contribution in [-0.4, -0.2) is 9.49 Å². The van der Waals surface area contributed by atoms with Crippen LogP contribution in [-0.2, 0) is 6.54 Å². The first kappa shape index (κ1) is 20.0. The molecule has 0 radical (unpaired) electrons. The van der Waals surface area contributed by atoms with Gasteiger partial charge in [-0.1, -0.05) is 36.4 Å². The maximum absolute atomic E-state index is 10.9. The molecule has 4 rings (SSSR count). The lowest BCUT2D eigenvalue weighted by Gasteiger charge is -2.06. The Labute approximate surface area is 176 Å². The molecule has 0 amide bonds. The number of nitro benzene ring substituents is 1. The molecule has 4 aromatic rings. The molecule has 0 aliphatic heterocycles. The summed E-state index contributed by atoms with van der Waals surface area (Å²) >= 11 is 1.57. The molecular formula is C21H18BrN3O2S. The van der Waals surface area contributed by atoms with E-state index in [1.165, 1.54) is 12.1 Å². The number of hydrogen-bond acceptors (Lipinski definition) is 4. The predicted molar refractivity (Wildman–Crippen MR) is 120 cm³/mol. The first-order valence-corrected chi connectivity index (χ1v) is 9.51. The maximum Gasteiger partial charge on any atom is 0.269 e. The standard InChI is InChI=1S/C21H17N3O2S.BrH/c1-2-23-20(16-10-12-17(13-11-16)24(25)26)14-27-21(23)22-19-9-5-7-15-6-3-4-8-18(15)19;/h3-14H,2H2,1H3;1H. The van der Waals surface area contributed by atoms with Gasteiger partial charge in [-0.25, -0.2) is 4.99 Å². The highest BCUT2D eigenvalue weighted by molar-refractivity contribution is 8.93. The number of halogens is 1. The van der Waals surface area contributed by atoms with Crippen LogP contribution in [0, 0.1) is 10.1 Å². The first-order valence-electron chi connectivity index (χ1n) is 8.63. The number of benzene rings is 3. The van der Waals surface area contributed by atoms with E-state index in [-0.39, 0.29) is 27.6 Å². The molecule has 3 aromatic carbocycles. The Morgan fingerprint density at radius 1 is 1.04 bits per heavy atom. The molecule has 0 N–H and O–H groups in total. The third-order valence-corrected chi connectivity index (χ3v) is 5.33. The van der Waals surface area contributed by atoms with E-state index in [0.717, 1.165) is 39.1 Å². The van der Waals surface area contributed by atoms with Crippen LogP contribution in [0.2, 0.25) is 0 Å². The van der Waals surface area contributed by atoms with Crippen LogP contribution in [0.1, 0.15) is 6.92 Å². The van der Waals surface area contributed by atoms with Gasteiger partial charge in [0, 0.05) is 29.4 Å². The van der Waals surface area contributed by atoms with Gasteiger partial charge in [-0.3, -0.25) is 10.1 Å². The summed E-state index contributed by atoms with van der Waals surface area (Å²) in [6.45, 7) is 2.84. The van der Waals surface area contributed by atoms with Crippen molar-refractivity contribution in [3.05, 3.63) is 87.0 Å². The summed E-state index contributed by atoms with van der Waals surface area (Å²) in [7, 11) is 0. The highest BCUT2D eigenvalue weighted by atomic mass is 79.9. The van der Waals surface area contributed by atoms with Crippen molar-refractivity contribution in [2.45, 2.75) is 13.5 Å². The molecule has 0 bridgehead atoms. The van der Waals surface area contributed by atoms with Crippen molar-refractivity contribution in [1.82, 2.24) is 4.57 Å². The van der Waals surface area contributed by atoms with E-state index in [2.05, 4.69) is 35.1 Å². The summed E-state index contributed by atoms with van der Waals surface area (Å²) < 4.78 is 2.13. The Morgan fingerprint density at radius 3 is 2.46 bits per heavy atom. The van der Waals surface area contributed by atoms with Crippen molar-refractivity contribution in [1.29, 1.82) is 0 Å². The fraction of sp³-hybridized carbons (Fsp3) is 0.0952. The minimum absolute atomic E-state index is 0. The van der Waals surface area contributed by atoms with E-state index >= 15 is 0 Å². The number of nitrogens with zero attached hydrogens (tertiary/aromatic N) is 3. The highest BCUT2D eigenvalue weighted by Crippen LogP contribution is 2.27. The predicted octanol–water partition coefficient (Wildman–Crippen LogP) is 6.11. The van der Waals surface area contributed by atoms with E-state index in [1.54, 1.807) is 23.5 Å². The van der Waals surface area contributed by atoms with E-state index in [4.69, 9.17) is 4.99 Å². The summed E-state index contributed by atoms with van der Waals surface area (Å²) in [5.41, 5.74) is 2.99. The Balaban J connectivity index is 0.00000225. The molecule has 0 atom stereocenters. The van der Waals surface area contributed by atoms with E-state index in [0.29, 0.717) is 0 Å². The number of rotatable bonds is 4. The number of aromatic nitrogens is 1. The van der Waals surface area contributed by atoms with Crippen LogP contribution in [0.4, 0.5) is 11.4 Å². The molecule has 0 saturated heterocycles. The fourth-order valence-electron chi connectivity index (χ4n) is 3.12. The van der Waals surface area contributed by atoms with Crippen molar-refractivity contribution < 1.29 is 4.92 Å². The Bertz CT molecular complexity index is 1190. The third kappa shape index (κ3) is 3.76. The molecule has 0 unspecified atom stereocenters. The van der Waals surface area contributed by atoms with E-state index in [9.17, 15) is 10.1 Å². The van der Waals surface area contributed by atoms with Crippen LogP contribution in [0.3, 0.4) is 0 Å². The van der Waals surface area contributed by atoms with Crippen molar-refractivity contribution in [2.24, 2.45) is 4.99 Å². The Hall–Kier alpha value is -2.77. The molecule has 0 spiro atoms.